The van der Waals surface area contributed by atoms with Crippen LogP contribution in [0.4, 0.5) is 0 Å². The van der Waals surface area contributed by atoms with E-state index in [4.69, 9.17) is 4.74 Å². The van der Waals surface area contributed by atoms with Gasteiger partial charge in [-0.2, -0.15) is 0 Å². The molecule has 1 aliphatic heterocycles. The van der Waals surface area contributed by atoms with Crippen molar-refractivity contribution in [1.29, 1.82) is 0 Å². The van der Waals surface area contributed by atoms with Crippen molar-refractivity contribution in [2.75, 3.05) is 7.11 Å². The molecule has 0 fully saturated rings. The fourth-order valence-electron chi connectivity index (χ4n) is 1.24. The third kappa shape index (κ3) is 1.56. The fraction of sp³-hybridized carbons (Fsp3) is 0.556. The van der Waals surface area contributed by atoms with Crippen LogP contribution < -0.4 is 0 Å². The van der Waals surface area contributed by atoms with Crippen LogP contribution in [0, 0.1) is 0 Å². The van der Waals surface area contributed by atoms with Crippen LogP contribution >= 0.6 is 0 Å². The summed E-state index contributed by atoms with van der Waals surface area (Å²) < 4.78 is 9.67. The largest absolute Gasteiger partial charge is 0.486 e. The first kappa shape index (κ1) is 9.77. The first-order chi connectivity index (χ1) is 6.11. The molecule has 0 aromatic rings. The molecule has 0 saturated carbocycles. The van der Waals surface area contributed by atoms with Crippen molar-refractivity contribution in [3.8, 4) is 0 Å². The van der Waals surface area contributed by atoms with Crippen LogP contribution in [0.1, 0.15) is 20.3 Å². The van der Waals surface area contributed by atoms with Gasteiger partial charge in [-0.3, -0.25) is 4.79 Å². The van der Waals surface area contributed by atoms with E-state index in [9.17, 15) is 9.59 Å². The van der Waals surface area contributed by atoms with Crippen molar-refractivity contribution in [2.45, 2.75) is 26.4 Å². The number of hydrogen-bond acceptors (Lipinski definition) is 4. The van der Waals surface area contributed by atoms with E-state index >= 15 is 0 Å². The topological polar surface area (TPSA) is 52.6 Å². The second-order valence-electron chi connectivity index (χ2n) is 2.77. The molecule has 1 atom stereocenters. The van der Waals surface area contributed by atoms with Gasteiger partial charge in [-0.05, 0) is 6.92 Å². The van der Waals surface area contributed by atoms with Gasteiger partial charge in [0.05, 0.1) is 7.11 Å². The van der Waals surface area contributed by atoms with Gasteiger partial charge in [0.2, 0.25) is 5.78 Å². The highest BCUT2D eigenvalue weighted by Gasteiger charge is 2.35. The van der Waals surface area contributed by atoms with E-state index in [2.05, 4.69) is 4.74 Å². The zero-order valence-corrected chi connectivity index (χ0v) is 7.92. The Morgan fingerprint density at radius 1 is 1.62 bits per heavy atom. The first-order valence-corrected chi connectivity index (χ1v) is 4.14. The Bertz CT molecular complexity index is 277. The Kier molecular flexibility index (Phi) is 2.70. The van der Waals surface area contributed by atoms with Gasteiger partial charge in [-0.1, -0.05) is 6.92 Å². The predicted molar refractivity (Wildman–Crippen MR) is 44.9 cm³/mol. The Morgan fingerprint density at radius 2 is 2.23 bits per heavy atom. The van der Waals surface area contributed by atoms with E-state index in [1.165, 1.54) is 7.11 Å². The van der Waals surface area contributed by atoms with E-state index in [0.717, 1.165) is 0 Å². The summed E-state index contributed by atoms with van der Waals surface area (Å²) in [6.45, 7) is 3.44. The molecule has 0 radical (unpaired) electrons. The molecule has 1 rings (SSSR count). The Hall–Kier alpha value is -1.32. The molecule has 13 heavy (non-hydrogen) atoms. The van der Waals surface area contributed by atoms with Crippen molar-refractivity contribution in [2.24, 2.45) is 0 Å². The summed E-state index contributed by atoms with van der Waals surface area (Å²) in [6.07, 6.45) is -0.0235. The fourth-order valence-corrected chi connectivity index (χ4v) is 1.24. The number of ether oxygens (including phenoxy) is 2. The van der Waals surface area contributed by atoms with Crippen molar-refractivity contribution < 1.29 is 19.1 Å². The van der Waals surface area contributed by atoms with Crippen molar-refractivity contribution >= 4 is 11.8 Å². The molecule has 1 heterocycles. The van der Waals surface area contributed by atoms with Crippen LogP contribution in [0.3, 0.4) is 0 Å². The van der Waals surface area contributed by atoms with Gasteiger partial charge in [-0.25, -0.2) is 4.79 Å². The molecule has 0 saturated heterocycles. The van der Waals surface area contributed by atoms with Crippen LogP contribution in [-0.4, -0.2) is 25.0 Å². The lowest BCUT2D eigenvalue weighted by Crippen LogP contribution is -2.18. The normalized spacial score (nSPS) is 21.8. The van der Waals surface area contributed by atoms with Crippen molar-refractivity contribution in [3.05, 3.63) is 11.3 Å². The minimum Gasteiger partial charge on any atom is -0.486 e. The van der Waals surface area contributed by atoms with Crippen LogP contribution in [0.5, 0.6) is 0 Å². The van der Waals surface area contributed by atoms with Gasteiger partial charge in [-0.15, -0.1) is 0 Å². The van der Waals surface area contributed by atoms with Crippen molar-refractivity contribution in [3.63, 3.8) is 0 Å². The Balaban J connectivity index is 3.00. The summed E-state index contributed by atoms with van der Waals surface area (Å²) in [4.78, 5) is 22.5. The molecule has 0 aliphatic carbocycles. The maximum atomic E-state index is 11.4. The van der Waals surface area contributed by atoms with Gasteiger partial charge in [0.1, 0.15) is 11.3 Å². The zero-order valence-electron chi connectivity index (χ0n) is 7.92. The summed E-state index contributed by atoms with van der Waals surface area (Å²) >= 11 is 0. The minimum atomic E-state index is -0.605. The Morgan fingerprint density at radius 3 is 2.69 bits per heavy atom. The molecule has 0 bridgehead atoms. The molecule has 0 spiro atoms. The zero-order chi connectivity index (χ0) is 10.0. The molecular formula is C9H12O4. The van der Waals surface area contributed by atoms with Crippen LogP contribution in [-0.2, 0) is 19.1 Å². The maximum absolute atomic E-state index is 11.4. The number of esters is 1. The van der Waals surface area contributed by atoms with Gasteiger partial charge >= 0.3 is 5.97 Å². The number of carbonyl (C=O) groups excluding carboxylic acids is 2. The van der Waals surface area contributed by atoms with Crippen LogP contribution in [0.15, 0.2) is 11.3 Å². The molecule has 1 aliphatic rings. The van der Waals surface area contributed by atoms with Crippen molar-refractivity contribution in [1.82, 2.24) is 0 Å². The molecule has 72 valence electrons. The quantitative estimate of drug-likeness (QED) is 0.470. The second-order valence-corrected chi connectivity index (χ2v) is 2.77. The molecule has 1 unspecified atom stereocenters. The monoisotopic (exact) mass is 184 g/mol. The van der Waals surface area contributed by atoms with Gasteiger partial charge in [0.15, 0.2) is 6.10 Å². The lowest BCUT2D eigenvalue weighted by atomic mass is 10.1. The Labute approximate surface area is 76.5 Å². The summed E-state index contributed by atoms with van der Waals surface area (Å²) in [7, 11) is 1.25. The number of Topliss-reactive ketones (excluding diaryl/α,β-unsaturated/α-hetero) is 1. The van der Waals surface area contributed by atoms with Crippen LogP contribution in [0.25, 0.3) is 0 Å². The first-order valence-electron chi connectivity index (χ1n) is 4.14. The number of hydrogen-bond donors (Lipinski definition) is 0. The minimum absolute atomic E-state index is 0.0671. The summed E-state index contributed by atoms with van der Waals surface area (Å²) in [5.41, 5.74) is 0.0671. The molecule has 0 N–H and O–H groups in total. The average Bonchev–Trinajstić information content (AvgIpc) is 2.42. The maximum Gasteiger partial charge on any atom is 0.345 e. The summed E-state index contributed by atoms with van der Waals surface area (Å²) in [5, 5.41) is 0. The highest BCUT2D eigenvalue weighted by Crippen LogP contribution is 2.24. The van der Waals surface area contributed by atoms with Gasteiger partial charge in [0, 0.05) is 6.42 Å². The summed E-state index contributed by atoms with van der Waals surface area (Å²) in [5.74, 6) is -0.459. The smallest absolute Gasteiger partial charge is 0.345 e. The lowest BCUT2D eigenvalue weighted by Gasteiger charge is -2.02. The van der Waals surface area contributed by atoms with Gasteiger partial charge in [0.25, 0.3) is 0 Å². The van der Waals surface area contributed by atoms with E-state index < -0.39 is 12.1 Å². The molecular weight excluding hydrogens is 172 g/mol. The average molecular weight is 184 g/mol. The number of rotatable bonds is 2. The summed E-state index contributed by atoms with van der Waals surface area (Å²) in [6, 6.07) is 0. The highest BCUT2D eigenvalue weighted by molar-refractivity contribution is 6.20. The SMILES string of the molecule is CCC1=C(C(=O)OC)C(=O)C(C)O1. The number of methoxy groups -OCH3 is 1. The number of allylic oxidation sites excluding steroid dienone is 1. The molecule has 4 nitrogen and oxygen atoms in total. The van der Waals surface area contributed by atoms with Gasteiger partial charge < -0.3 is 9.47 Å². The standard InChI is InChI=1S/C9H12O4/c1-4-6-7(9(11)12-3)8(10)5(2)13-6/h5H,4H2,1-3H3. The van der Waals surface area contributed by atoms with E-state index in [1.54, 1.807) is 6.92 Å². The number of carbonyl (C=O) groups is 2. The predicted octanol–water partition coefficient (Wildman–Crippen LogP) is 0.811. The third-order valence-corrected chi connectivity index (χ3v) is 1.92. The van der Waals surface area contributed by atoms with E-state index in [1.807, 2.05) is 6.92 Å². The highest BCUT2D eigenvalue weighted by atomic mass is 16.5. The molecule has 0 amide bonds. The van der Waals surface area contributed by atoms with E-state index in [-0.39, 0.29) is 11.4 Å². The second kappa shape index (κ2) is 3.60. The number of ketones is 1. The molecule has 0 aromatic heterocycles. The molecule has 0 aromatic carbocycles. The third-order valence-electron chi connectivity index (χ3n) is 1.92. The van der Waals surface area contributed by atoms with Crippen LogP contribution in [0.2, 0.25) is 0 Å². The lowest BCUT2D eigenvalue weighted by molar-refractivity contribution is -0.137. The molecule has 4 heteroatoms. The van der Waals surface area contributed by atoms with E-state index in [0.29, 0.717) is 12.2 Å².